The van der Waals surface area contributed by atoms with Crippen LogP contribution in [0.5, 0.6) is 0 Å². The third-order valence-corrected chi connectivity index (χ3v) is 6.67. The van der Waals surface area contributed by atoms with Gasteiger partial charge in [0.2, 0.25) is 0 Å². The van der Waals surface area contributed by atoms with E-state index in [2.05, 4.69) is 14.2 Å². The number of cyclic esters (lactones) is 1. The second-order valence-corrected chi connectivity index (χ2v) is 9.14. The fourth-order valence-electron chi connectivity index (χ4n) is 3.55. The molecule has 11 nitrogen and oxygen atoms in total. The molecule has 1 amide bonds. The van der Waals surface area contributed by atoms with Crippen molar-refractivity contribution in [2.75, 3.05) is 41.2 Å². The second kappa shape index (κ2) is 9.12. The molecule has 1 N–H and O–H groups in total. The number of nitrogens with zero attached hydrogens (tertiary/aromatic N) is 4. The van der Waals surface area contributed by atoms with Gasteiger partial charge in [-0.1, -0.05) is 5.16 Å². The molecule has 0 spiro atoms. The van der Waals surface area contributed by atoms with E-state index in [4.69, 9.17) is 4.74 Å². The number of hydrogen-bond acceptors (Lipinski definition) is 8. The van der Waals surface area contributed by atoms with Crippen molar-refractivity contribution >= 4 is 36.8 Å². The van der Waals surface area contributed by atoms with E-state index in [-0.39, 0.29) is 24.6 Å². The summed E-state index contributed by atoms with van der Waals surface area (Å²) < 4.78 is 72.1. The first-order valence-corrected chi connectivity index (χ1v) is 11.4. The van der Waals surface area contributed by atoms with E-state index in [9.17, 15) is 32.2 Å². The van der Waals surface area contributed by atoms with E-state index < -0.39 is 61.9 Å². The molecule has 15 heteroatoms. The van der Waals surface area contributed by atoms with E-state index in [1.165, 1.54) is 6.07 Å². The fraction of sp³-hybridized carbons (Fsp3) is 0.316. The van der Waals surface area contributed by atoms with Gasteiger partial charge in [0, 0.05) is 38.4 Å². The minimum absolute atomic E-state index is 0.00289. The number of carbonyl (C=O) groups is 2. The predicted molar refractivity (Wildman–Crippen MR) is 111 cm³/mol. The summed E-state index contributed by atoms with van der Waals surface area (Å²) in [5, 5.41) is 3.56. The number of benzene rings is 1. The van der Waals surface area contributed by atoms with Crippen molar-refractivity contribution in [2.24, 2.45) is 0 Å². The molecule has 3 heterocycles. The van der Waals surface area contributed by atoms with Gasteiger partial charge in [0.05, 0.1) is 18.8 Å². The van der Waals surface area contributed by atoms with Crippen LogP contribution in [0.4, 0.5) is 35.2 Å². The number of halogens is 3. The normalized spacial score (nSPS) is 20.0. The summed E-state index contributed by atoms with van der Waals surface area (Å²) in [6.45, 7) is -0.869. The molecule has 0 saturated carbocycles. The van der Waals surface area contributed by atoms with Gasteiger partial charge in [-0.15, -0.1) is 0 Å². The molecule has 2 aliphatic heterocycles. The van der Waals surface area contributed by atoms with Gasteiger partial charge in [-0.2, -0.15) is 0 Å². The molecular weight excluding hydrogens is 484 g/mol. The molecule has 1 saturated heterocycles. The smallest absolute Gasteiger partial charge is 0.433 e. The number of carbonyl (C=O) groups excluding carboxylic acids is 2. The highest BCUT2D eigenvalue weighted by Gasteiger charge is 2.41. The molecule has 1 aromatic heterocycles. The summed E-state index contributed by atoms with van der Waals surface area (Å²) in [5.41, 5.74) is -1.41. The first-order valence-electron chi connectivity index (χ1n) is 9.82. The zero-order valence-electron chi connectivity index (χ0n) is 17.6. The van der Waals surface area contributed by atoms with Gasteiger partial charge in [0.1, 0.15) is 18.1 Å². The van der Waals surface area contributed by atoms with E-state index >= 15 is 0 Å². The Kier molecular flexibility index (Phi) is 6.39. The van der Waals surface area contributed by atoms with Gasteiger partial charge in [0.25, 0.3) is 0 Å². The Labute approximate surface area is 190 Å². The first kappa shape index (κ1) is 23.8. The Bertz CT molecular complexity index is 1190. The number of anilines is 3. The second-order valence-electron chi connectivity index (χ2n) is 7.31. The molecule has 182 valence electrons. The lowest BCUT2D eigenvalue weighted by atomic mass is 10.1. The van der Waals surface area contributed by atoms with Gasteiger partial charge in [0.15, 0.2) is 29.1 Å². The standard InChI is InChI=1S/C19H18F3N4O7P/c1-31-34(29,30)26(15-4-7-32-23-15)10-12-9-25(19(28)33-12)14-8-13(20)18(17(22)16(14)21)24-5-2-11(27)3-6-24/h2,4-5,7-8,12H,3,6,9-10H2,1H3,(H,29,30)/t12-/m1/s1. The van der Waals surface area contributed by atoms with Crippen LogP contribution in [0.2, 0.25) is 0 Å². The number of hydrogen-bond donors (Lipinski definition) is 1. The van der Waals surface area contributed by atoms with Crippen LogP contribution >= 0.6 is 7.75 Å². The molecule has 2 atom stereocenters. The van der Waals surface area contributed by atoms with E-state index in [1.54, 1.807) is 0 Å². The van der Waals surface area contributed by atoms with Crippen molar-refractivity contribution in [3.05, 3.63) is 48.1 Å². The maximum absolute atomic E-state index is 14.9. The van der Waals surface area contributed by atoms with Gasteiger partial charge in [-0.3, -0.25) is 18.9 Å². The zero-order valence-corrected chi connectivity index (χ0v) is 18.5. The highest BCUT2D eigenvalue weighted by atomic mass is 31.2. The summed E-state index contributed by atoms with van der Waals surface area (Å²) in [6, 6.07) is 1.91. The van der Waals surface area contributed by atoms with Crippen LogP contribution in [0.25, 0.3) is 0 Å². The molecule has 0 radical (unpaired) electrons. The number of aromatic nitrogens is 1. The molecule has 4 rings (SSSR count). The maximum atomic E-state index is 14.9. The summed E-state index contributed by atoms with van der Waals surface area (Å²) in [4.78, 5) is 35.5. The number of rotatable bonds is 7. The molecule has 1 unspecified atom stereocenters. The highest BCUT2D eigenvalue weighted by molar-refractivity contribution is 7.54. The van der Waals surface area contributed by atoms with Crippen molar-refractivity contribution in [3.8, 4) is 0 Å². The van der Waals surface area contributed by atoms with Crippen LogP contribution in [0.3, 0.4) is 0 Å². The summed E-state index contributed by atoms with van der Waals surface area (Å²) in [5.74, 6) is -4.54. The topological polar surface area (TPSA) is 126 Å². The van der Waals surface area contributed by atoms with Crippen LogP contribution in [0.15, 0.2) is 35.2 Å². The minimum atomic E-state index is -4.42. The van der Waals surface area contributed by atoms with Crippen LogP contribution < -0.4 is 14.5 Å². The lowest BCUT2D eigenvalue weighted by Gasteiger charge is -2.26. The van der Waals surface area contributed by atoms with Crippen LogP contribution in [0, 0.1) is 17.5 Å². The first-order chi connectivity index (χ1) is 16.1. The fourth-order valence-corrected chi connectivity index (χ4v) is 4.50. The molecule has 2 aliphatic rings. The molecule has 1 aromatic carbocycles. The van der Waals surface area contributed by atoms with Crippen LogP contribution in [-0.4, -0.2) is 54.8 Å². The van der Waals surface area contributed by atoms with Crippen LogP contribution in [0.1, 0.15) is 6.42 Å². The van der Waals surface area contributed by atoms with Gasteiger partial charge < -0.3 is 19.1 Å². The molecular formula is C19H18F3N4O7P. The van der Waals surface area contributed by atoms with Gasteiger partial charge >= 0.3 is 13.8 Å². The Morgan fingerprint density at radius 3 is 2.71 bits per heavy atom. The van der Waals surface area contributed by atoms with Gasteiger partial charge in [-0.25, -0.2) is 22.5 Å². The van der Waals surface area contributed by atoms with Crippen molar-refractivity contribution in [1.29, 1.82) is 0 Å². The van der Waals surface area contributed by atoms with E-state index in [1.807, 2.05) is 0 Å². The lowest BCUT2D eigenvalue weighted by molar-refractivity contribution is -0.114. The van der Waals surface area contributed by atoms with Crippen molar-refractivity contribution < 1.29 is 46.0 Å². The number of amides is 1. The average Bonchev–Trinajstić information content (AvgIpc) is 3.45. The third kappa shape index (κ3) is 4.39. The predicted octanol–water partition coefficient (Wildman–Crippen LogP) is 2.96. The average molecular weight is 502 g/mol. The van der Waals surface area contributed by atoms with E-state index in [0.29, 0.717) is 11.0 Å². The quantitative estimate of drug-likeness (QED) is 0.446. The monoisotopic (exact) mass is 502 g/mol. The lowest BCUT2D eigenvalue weighted by Crippen LogP contribution is -2.34. The number of ether oxygens (including phenoxy) is 1. The largest absolute Gasteiger partial charge is 0.442 e. The third-order valence-electron chi connectivity index (χ3n) is 5.21. The SMILES string of the molecule is COP(=O)(O)N(C[C@H]1CN(c2cc(F)c(N3C=CC(=O)CC3)c(F)c2F)C(=O)O1)c1ccon1. The molecule has 34 heavy (non-hydrogen) atoms. The Morgan fingerprint density at radius 1 is 1.32 bits per heavy atom. The van der Waals surface area contributed by atoms with E-state index in [0.717, 1.165) is 35.2 Å². The van der Waals surface area contributed by atoms with Gasteiger partial charge in [-0.05, 0) is 6.08 Å². The highest BCUT2D eigenvalue weighted by Crippen LogP contribution is 2.48. The molecule has 2 aromatic rings. The Balaban J connectivity index is 1.59. The van der Waals surface area contributed by atoms with Crippen LogP contribution in [-0.2, 0) is 18.6 Å². The van der Waals surface area contributed by atoms with Crippen molar-refractivity contribution in [1.82, 2.24) is 5.16 Å². The minimum Gasteiger partial charge on any atom is -0.442 e. The Hall–Kier alpha value is -3.35. The number of allylic oxidation sites excluding steroid dienone is 1. The van der Waals surface area contributed by atoms with Crippen molar-refractivity contribution in [3.63, 3.8) is 0 Å². The molecule has 0 aliphatic carbocycles. The number of ketones is 1. The zero-order chi connectivity index (χ0) is 24.6. The summed E-state index contributed by atoms with van der Waals surface area (Å²) in [7, 11) is -3.43. The molecule has 0 bridgehead atoms. The molecule has 1 fully saturated rings. The summed E-state index contributed by atoms with van der Waals surface area (Å²) in [6.07, 6.45) is 1.16. The Morgan fingerprint density at radius 2 is 2.09 bits per heavy atom. The summed E-state index contributed by atoms with van der Waals surface area (Å²) >= 11 is 0. The van der Waals surface area contributed by atoms with Crippen molar-refractivity contribution in [2.45, 2.75) is 12.5 Å². The maximum Gasteiger partial charge on any atom is 0.433 e.